The summed E-state index contributed by atoms with van der Waals surface area (Å²) < 4.78 is 0. The third-order valence-electron chi connectivity index (χ3n) is 4.05. The number of nitrogens with two attached hydrogens (primary N) is 1. The summed E-state index contributed by atoms with van der Waals surface area (Å²) in [5, 5.41) is 11.4. The fourth-order valence-electron chi connectivity index (χ4n) is 2.95. The quantitative estimate of drug-likeness (QED) is 0.522. The van der Waals surface area contributed by atoms with Gasteiger partial charge in [0.2, 0.25) is 0 Å². The summed E-state index contributed by atoms with van der Waals surface area (Å²) in [7, 11) is 0. The van der Waals surface area contributed by atoms with Crippen LogP contribution >= 0.6 is 0 Å². The molecule has 21 heavy (non-hydrogen) atoms. The number of fused-ring (bicyclic) bond motifs is 1. The van der Waals surface area contributed by atoms with Crippen LogP contribution in [0.15, 0.2) is 36.4 Å². The molecule has 0 atom stereocenters. The predicted octanol–water partition coefficient (Wildman–Crippen LogP) is 3.05. The van der Waals surface area contributed by atoms with Gasteiger partial charge in [0, 0.05) is 24.3 Å². The van der Waals surface area contributed by atoms with E-state index in [2.05, 4.69) is 6.07 Å². The van der Waals surface area contributed by atoms with E-state index >= 15 is 0 Å². The van der Waals surface area contributed by atoms with Crippen molar-refractivity contribution in [2.24, 2.45) is 0 Å². The first-order valence-corrected chi connectivity index (χ1v) is 6.93. The summed E-state index contributed by atoms with van der Waals surface area (Å²) in [6.45, 7) is 3.15. The Bertz CT molecular complexity index is 713. The van der Waals surface area contributed by atoms with E-state index in [9.17, 15) is 10.1 Å². The number of anilines is 2. The molecule has 0 fully saturated rings. The maximum Gasteiger partial charge on any atom is 0.295 e. The van der Waals surface area contributed by atoms with Gasteiger partial charge in [-0.25, -0.2) is 0 Å². The molecule has 5 nitrogen and oxygen atoms in total. The molecule has 108 valence electrons. The lowest BCUT2D eigenvalue weighted by atomic mass is 9.97. The minimum Gasteiger partial charge on any atom is -0.398 e. The topological polar surface area (TPSA) is 72.4 Å². The van der Waals surface area contributed by atoms with Gasteiger partial charge >= 0.3 is 0 Å². The summed E-state index contributed by atoms with van der Waals surface area (Å²) in [5.41, 5.74) is 10.7. The molecule has 0 saturated carbocycles. The van der Waals surface area contributed by atoms with E-state index in [1.54, 1.807) is 13.0 Å². The summed E-state index contributed by atoms with van der Waals surface area (Å²) in [4.78, 5) is 13.1. The number of para-hydroxylation sites is 1. The normalized spacial score (nSPS) is 13.9. The molecular weight excluding hydrogens is 266 g/mol. The molecule has 0 bridgehead atoms. The number of hydrogen-bond acceptors (Lipinski definition) is 4. The number of nitrogens with zero attached hydrogens (tertiary/aromatic N) is 2. The molecule has 0 amide bonds. The van der Waals surface area contributed by atoms with Crippen molar-refractivity contribution in [2.75, 3.05) is 17.2 Å². The SMILES string of the molecule is Cc1cccc(N2CCc3cccc(N)c3C2)c1[N+](=O)[O-]. The van der Waals surface area contributed by atoms with Gasteiger partial charge < -0.3 is 10.6 Å². The molecule has 0 aliphatic carbocycles. The number of benzene rings is 2. The van der Waals surface area contributed by atoms with Crippen LogP contribution in [0, 0.1) is 17.0 Å². The molecule has 0 radical (unpaired) electrons. The summed E-state index contributed by atoms with van der Waals surface area (Å²) in [6, 6.07) is 11.4. The zero-order chi connectivity index (χ0) is 15.0. The highest BCUT2D eigenvalue weighted by Gasteiger charge is 2.25. The molecule has 2 aromatic rings. The average molecular weight is 283 g/mol. The maximum atomic E-state index is 11.4. The molecule has 0 aromatic heterocycles. The van der Waals surface area contributed by atoms with E-state index in [4.69, 9.17) is 5.73 Å². The van der Waals surface area contributed by atoms with Crippen LogP contribution < -0.4 is 10.6 Å². The third-order valence-corrected chi connectivity index (χ3v) is 4.05. The molecule has 3 rings (SSSR count). The van der Waals surface area contributed by atoms with Crippen molar-refractivity contribution in [3.05, 3.63) is 63.2 Å². The number of aryl methyl sites for hydroxylation is 1. The maximum absolute atomic E-state index is 11.4. The molecule has 1 aliphatic rings. The monoisotopic (exact) mass is 283 g/mol. The second-order valence-corrected chi connectivity index (χ2v) is 5.36. The van der Waals surface area contributed by atoms with Gasteiger partial charge in [0.25, 0.3) is 5.69 Å². The first-order valence-electron chi connectivity index (χ1n) is 6.93. The largest absolute Gasteiger partial charge is 0.398 e. The minimum absolute atomic E-state index is 0.190. The standard InChI is InChI=1S/C16H17N3O2/c1-11-4-2-7-15(16(11)19(20)21)18-9-8-12-5-3-6-14(17)13(12)10-18/h2-7H,8-10,17H2,1H3. The van der Waals surface area contributed by atoms with Gasteiger partial charge in [-0.2, -0.15) is 0 Å². The van der Waals surface area contributed by atoms with E-state index in [0.29, 0.717) is 17.8 Å². The highest BCUT2D eigenvalue weighted by Crippen LogP contribution is 2.35. The van der Waals surface area contributed by atoms with E-state index in [1.807, 2.05) is 29.2 Å². The number of rotatable bonds is 2. The van der Waals surface area contributed by atoms with E-state index in [0.717, 1.165) is 24.2 Å². The molecule has 0 spiro atoms. The highest BCUT2D eigenvalue weighted by molar-refractivity contribution is 5.68. The van der Waals surface area contributed by atoms with Gasteiger partial charge in [-0.3, -0.25) is 10.1 Å². The van der Waals surface area contributed by atoms with Crippen LogP contribution in [0.2, 0.25) is 0 Å². The van der Waals surface area contributed by atoms with Crippen LogP contribution in [0.1, 0.15) is 16.7 Å². The van der Waals surface area contributed by atoms with Crippen molar-refractivity contribution in [3.8, 4) is 0 Å². The molecular formula is C16H17N3O2. The number of nitro groups is 1. The van der Waals surface area contributed by atoms with Crippen molar-refractivity contribution in [2.45, 2.75) is 19.9 Å². The zero-order valence-corrected chi connectivity index (χ0v) is 11.9. The number of nitro benzene ring substituents is 1. The Morgan fingerprint density at radius 2 is 2.00 bits per heavy atom. The van der Waals surface area contributed by atoms with Crippen LogP contribution in [-0.4, -0.2) is 11.5 Å². The second-order valence-electron chi connectivity index (χ2n) is 5.36. The average Bonchev–Trinajstić information content (AvgIpc) is 2.46. The van der Waals surface area contributed by atoms with Crippen molar-refractivity contribution in [1.82, 2.24) is 0 Å². The summed E-state index contributed by atoms with van der Waals surface area (Å²) in [6.07, 6.45) is 0.853. The lowest BCUT2D eigenvalue weighted by Gasteiger charge is -2.31. The molecule has 2 aromatic carbocycles. The van der Waals surface area contributed by atoms with E-state index in [-0.39, 0.29) is 10.6 Å². The van der Waals surface area contributed by atoms with Crippen LogP contribution in [0.4, 0.5) is 17.1 Å². The van der Waals surface area contributed by atoms with Crippen LogP contribution in [-0.2, 0) is 13.0 Å². The first kappa shape index (κ1) is 13.4. The van der Waals surface area contributed by atoms with Crippen LogP contribution in [0.25, 0.3) is 0 Å². The van der Waals surface area contributed by atoms with Gasteiger partial charge in [-0.05, 0) is 36.6 Å². The van der Waals surface area contributed by atoms with E-state index in [1.165, 1.54) is 5.56 Å². The Labute approximate surface area is 123 Å². The van der Waals surface area contributed by atoms with Crippen molar-refractivity contribution in [1.29, 1.82) is 0 Å². The molecule has 0 saturated heterocycles. The van der Waals surface area contributed by atoms with Crippen molar-refractivity contribution >= 4 is 17.1 Å². The van der Waals surface area contributed by atoms with Gasteiger partial charge in [0.15, 0.2) is 0 Å². The Balaban J connectivity index is 2.03. The van der Waals surface area contributed by atoms with Gasteiger partial charge in [-0.15, -0.1) is 0 Å². The summed E-state index contributed by atoms with van der Waals surface area (Å²) in [5.74, 6) is 0. The van der Waals surface area contributed by atoms with Gasteiger partial charge in [0.05, 0.1) is 4.92 Å². The Morgan fingerprint density at radius 1 is 1.24 bits per heavy atom. The predicted molar refractivity (Wildman–Crippen MR) is 83.4 cm³/mol. The molecule has 2 N–H and O–H groups in total. The smallest absolute Gasteiger partial charge is 0.295 e. The molecule has 5 heteroatoms. The fraction of sp³-hybridized carbons (Fsp3) is 0.250. The lowest BCUT2D eigenvalue weighted by Crippen LogP contribution is -2.31. The Hall–Kier alpha value is -2.56. The van der Waals surface area contributed by atoms with Crippen molar-refractivity contribution in [3.63, 3.8) is 0 Å². The fourth-order valence-corrected chi connectivity index (χ4v) is 2.95. The van der Waals surface area contributed by atoms with Gasteiger partial charge in [-0.1, -0.05) is 24.3 Å². The minimum atomic E-state index is -0.297. The molecule has 0 unspecified atom stereocenters. The molecule has 1 aliphatic heterocycles. The summed E-state index contributed by atoms with van der Waals surface area (Å²) >= 11 is 0. The van der Waals surface area contributed by atoms with Crippen LogP contribution in [0.3, 0.4) is 0 Å². The van der Waals surface area contributed by atoms with Gasteiger partial charge in [0.1, 0.15) is 5.69 Å². The third kappa shape index (κ3) is 2.31. The highest BCUT2D eigenvalue weighted by atomic mass is 16.6. The Morgan fingerprint density at radius 3 is 2.76 bits per heavy atom. The zero-order valence-electron chi connectivity index (χ0n) is 11.9. The number of hydrogen-bond donors (Lipinski definition) is 1. The Kier molecular flexibility index (Phi) is 3.25. The lowest BCUT2D eigenvalue weighted by molar-refractivity contribution is -0.384. The van der Waals surface area contributed by atoms with Crippen LogP contribution in [0.5, 0.6) is 0 Å². The van der Waals surface area contributed by atoms with E-state index < -0.39 is 0 Å². The second kappa shape index (κ2) is 5.09. The molecule has 1 heterocycles. The first-order chi connectivity index (χ1) is 10.1. The van der Waals surface area contributed by atoms with Crippen molar-refractivity contribution < 1.29 is 4.92 Å². The number of nitrogen functional groups attached to an aromatic ring is 1.